The van der Waals surface area contributed by atoms with Crippen LogP contribution in [0.4, 0.5) is 4.39 Å². The van der Waals surface area contributed by atoms with Crippen LogP contribution in [0.25, 0.3) is 22.3 Å². The first kappa shape index (κ1) is 24.6. The number of hydrogen-bond donors (Lipinski definition) is 2. The van der Waals surface area contributed by atoms with Crippen LogP contribution in [0.2, 0.25) is 5.02 Å². The predicted octanol–water partition coefficient (Wildman–Crippen LogP) is 4.26. The van der Waals surface area contributed by atoms with E-state index in [2.05, 4.69) is 26.0 Å². The van der Waals surface area contributed by atoms with Crippen LogP contribution >= 0.6 is 11.6 Å². The van der Waals surface area contributed by atoms with Crippen molar-refractivity contribution in [2.45, 2.75) is 68.4 Å². The van der Waals surface area contributed by atoms with Gasteiger partial charge in [-0.15, -0.1) is 0 Å². The summed E-state index contributed by atoms with van der Waals surface area (Å²) in [7, 11) is 0. The second-order valence-corrected chi connectivity index (χ2v) is 11.6. The molecule has 206 valence electrons. The van der Waals surface area contributed by atoms with Gasteiger partial charge in [0, 0.05) is 23.9 Å². The molecule has 2 saturated heterocycles. The van der Waals surface area contributed by atoms with Gasteiger partial charge in [-0.2, -0.15) is 4.98 Å². The average molecular weight is 564 g/mol. The number of fused-ring (bicyclic) bond motifs is 3. The van der Waals surface area contributed by atoms with Gasteiger partial charge in [0.05, 0.1) is 29.4 Å². The van der Waals surface area contributed by atoms with E-state index in [4.69, 9.17) is 30.8 Å². The van der Waals surface area contributed by atoms with Gasteiger partial charge in [0.15, 0.2) is 11.8 Å². The summed E-state index contributed by atoms with van der Waals surface area (Å²) in [5.74, 6) is 1.11. The number of benzene rings is 1. The smallest absolute Gasteiger partial charge is 0.296 e. The highest BCUT2D eigenvalue weighted by Gasteiger charge is 2.48. The molecule has 3 aromatic heterocycles. The second-order valence-electron chi connectivity index (χ2n) is 11.2. The van der Waals surface area contributed by atoms with Crippen LogP contribution in [0.5, 0.6) is 6.01 Å². The van der Waals surface area contributed by atoms with E-state index in [1.54, 1.807) is 24.5 Å². The van der Waals surface area contributed by atoms with Crippen molar-refractivity contribution in [3.63, 3.8) is 0 Å². The Kier molecular flexibility index (Phi) is 5.81. The number of aromatic amines is 1. The lowest BCUT2D eigenvalue weighted by atomic mass is 9.93. The topological polar surface area (TPSA) is 115 Å². The molecule has 1 aromatic carbocycles. The van der Waals surface area contributed by atoms with Gasteiger partial charge < -0.3 is 24.3 Å². The minimum absolute atomic E-state index is 0.0341. The summed E-state index contributed by atoms with van der Waals surface area (Å²) in [6.07, 6.45) is 6.23. The summed E-state index contributed by atoms with van der Waals surface area (Å²) < 4.78 is 32.8. The summed E-state index contributed by atoms with van der Waals surface area (Å²) in [4.78, 5) is 21.3. The lowest BCUT2D eigenvalue weighted by Crippen LogP contribution is -2.34. The van der Waals surface area contributed by atoms with Crippen LogP contribution in [0, 0.1) is 5.82 Å². The number of aromatic nitrogens is 5. The number of aryl methyl sites for hydroxylation is 1. The Hall–Kier alpha value is -3.18. The van der Waals surface area contributed by atoms with Crippen molar-refractivity contribution in [3.8, 4) is 17.1 Å². The molecule has 0 unspecified atom stereocenters. The fraction of sp³-hybridized carbons (Fsp3) is 0.448. The molecule has 8 rings (SSSR count). The van der Waals surface area contributed by atoms with Gasteiger partial charge in [-0.3, -0.25) is 0 Å². The maximum Gasteiger partial charge on any atom is 0.296 e. The number of nitrogens with one attached hydrogen (secondary N) is 1. The van der Waals surface area contributed by atoms with E-state index < -0.39 is 6.10 Å². The number of nitrogens with zero attached hydrogens (tertiary/aromatic N) is 4. The SMILES string of the molecule is O[C@@H]1CO[C@H]2[C@@H]1OC[C@H]2Oc1nc2nc(C[C@H]3CCc4cc(-c5cnc(C6CC6)nc5)cc(F)c43)c(Cl)cc2[nH]1. The number of ether oxygens (including phenoxy) is 3. The number of imidazole rings is 1. The van der Waals surface area contributed by atoms with Gasteiger partial charge in [-0.1, -0.05) is 17.7 Å². The van der Waals surface area contributed by atoms with E-state index >= 15 is 4.39 Å². The zero-order valence-corrected chi connectivity index (χ0v) is 22.3. The number of aliphatic hydroxyl groups excluding tert-OH is 1. The van der Waals surface area contributed by atoms with E-state index in [1.807, 2.05) is 0 Å². The van der Waals surface area contributed by atoms with E-state index in [0.29, 0.717) is 40.8 Å². The van der Waals surface area contributed by atoms with E-state index in [0.717, 1.165) is 53.8 Å². The summed E-state index contributed by atoms with van der Waals surface area (Å²) in [5, 5.41) is 10.5. The number of rotatable bonds is 6. The Balaban J connectivity index is 1.01. The molecule has 4 aromatic rings. The van der Waals surface area contributed by atoms with Gasteiger partial charge in [0.25, 0.3) is 6.01 Å². The number of pyridine rings is 1. The molecule has 2 N–H and O–H groups in total. The molecule has 2 aliphatic carbocycles. The summed E-state index contributed by atoms with van der Waals surface area (Å²) in [5.41, 5.74) is 5.16. The van der Waals surface area contributed by atoms with Crippen molar-refractivity contribution in [2.75, 3.05) is 13.2 Å². The Morgan fingerprint density at radius 2 is 1.85 bits per heavy atom. The molecular formula is C29H27ClFN5O4. The molecule has 0 spiro atoms. The van der Waals surface area contributed by atoms with Crippen molar-refractivity contribution < 1.29 is 23.7 Å². The van der Waals surface area contributed by atoms with Crippen molar-refractivity contribution in [3.05, 3.63) is 64.1 Å². The van der Waals surface area contributed by atoms with Crippen molar-refractivity contribution in [1.82, 2.24) is 24.9 Å². The van der Waals surface area contributed by atoms with E-state index in [9.17, 15) is 5.11 Å². The molecular weight excluding hydrogens is 537 g/mol. The normalized spacial score (nSPS) is 27.3. The van der Waals surface area contributed by atoms with Crippen LogP contribution in [0.15, 0.2) is 30.6 Å². The zero-order valence-electron chi connectivity index (χ0n) is 21.5. The van der Waals surface area contributed by atoms with Gasteiger partial charge in [-0.05, 0) is 66.8 Å². The molecule has 0 amide bonds. The molecule has 11 heteroatoms. The number of aliphatic hydroxyl groups is 1. The Labute approximate surface area is 234 Å². The fourth-order valence-corrected chi connectivity index (χ4v) is 6.50. The average Bonchev–Trinajstić information content (AvgIpc) is 3.22. The minimum atomic E-state index is -0.651. The standard InChI is InChI=1S/C29H27ClFN5O4/c30-18-8-21-28(36-29(35-21)40-23-12-39-25-22(37)11-38-26(23)25)34-20(18)7-15-4-3-14-5-16(6-19(31)24(14)15)17-9-32-27(33-10-17)13-1-2-13/h5-6,8-10,13,15,22-23,25-26,37H,1-4,7,11-12H2,(H,34,35,36)/t15-,22-,23-,25-,26-/m1/s1. The summed E-state index contributed by atoms with van der Waals surface area (Å²) >= 11 is 6.64. The first-order valence-electron chi connectivity index (χ1n) is 13.8. The van der Waals surface area contributed by atoms with Crippen LogP contribution in [-0.4, -0.2) is 67.7 Å². The van der Waals surface area contributed by atoms with Crippen LogP contribution in [-0.2, 0) is 22.3 Å². The third-order valence-electron chi connectivity index (χ3n) is 8.50. The van der Waals surface area contributed by atoms with Crippen molar-refractivity contribution in [1.29, 1.82) is 0 Å². The highest BCUT2D eigenvalue weighted by molar-refractivity contribution is 6.31. The molecule has 0 radical (unpaired) electrons. The summed E-state index contributed by atoms with van der Waals surface area (Å²) in [6.45, 7) is 0.528. The number of hydrogen-bond acceptors (Lipinski definition) is 8. The quantitative estimate of drug-likeness (QED) is 0.357. The third kappa shape index (κ3) is 4.25. The number of halogens is 2. The van der Waals surface area contributed by atoms with E-state index in [1.165, 1.54) is 0 Å². The lowest BCUT2D eigenvalue weighted by Gasteiger charge is -2.15. The van der Waals surface area contributed by atoms with Gasteiger partial charge in [0.2, 0.25) is 0 Å². The largest absolute Gasteiger partial charge is 0.456 e. The van der Waals surface area contributed by atoms with Crippen LogP contribution < -0.4 is 4.74 Å². The Morgan fingerprint density at radius 1 is 1.02 bits per heavy atom. The lowest BCUT2D eigenvalue weighted by molar-refractivity contribution is 0.00706. The molecule has 5 heterocycles. The molecule has 9 nitrogen and oxygen atoms in total. The third-order valence-corrected chi connectivity index (χ3v) is 8.82. The molecule has 3 fully saturated rings. The monoisotopic (exact) mass is 563 g/mol. The van der Waals surface area contributed by atoms with Crippen LogP contribution in [0.3, 0.4) is 0 Å². The first-order valence-corrected chi connectivity index (χ1v) is 14.2. The molecule has 40 heavy (non-hydrogen) atoms. The minimum Gasteiger partial charge on any atom is -0.456 e. The van der Waals surface area contributed by atoms with E-state index in [-0.39, 0.29) is 42.7 Å². The fourth-order valence-electron chi connectivity index (χ4n) is 6.28. The van der Waals surface area contributed by atoms with Crippen LogP contribution in [0.1, 0.15) is 53.7 Å². The molecule has 0 bridgehead atoms. The Morgan fingerprint density at radius 3 is 2.67 bits per heavy atom. The molecule has 2 aliphatic heterocycles. The number of H-pyrrole nitrogens is 1. The zero-order chi connectivity index (χ0) is 27.0. The predicted molar refractivity (Wildman–Crippen MR) is 143 cm³/mol. The highest BCUT2D eigenvalue weighted by Crippen LogP contribution is 2.41. The van der Waals surface area contributed by atoms with Gasteiger partial charge >= 0.3 is 0 Å². The second kappa shape index (κ2) is 9.44. The maximum absolute atomic E-state index is 15.5. The van der Waals surface area contributed by atoms with Crippen molar-refractivity contribution in [2.24, 2.45) is 0 Å². The summed E-state index contributed by atoms with van der Waals surface area (Å²) in [6, 6.07) is 5.72. The van der Waals surface area contributed by atoms with Crippen molar-refractivity contribution >= 4 is 22.8 Å². The molecule has 4 aliphatic rings. The molecule has 5 atom stereocenters. The Bertz CT molecular complexity index is 1610. The van der Waals surface area contributed by atoms with Gasteiger partial charge in [-0.25, -0.2) is 19.3 Å². The van der Waals surface area contributed by atoms with Gasteiger partial charge in [0.1, 0.15) is 30.0 Å². The molecule has 1 saturated carbocycles. The first-order chi connectivity index (χ1) is 19.5. The highest BCUT2D eigenvalue weighted by atomic mass is 35.5. The maximum atomic E-state index is 15.5.